The zero-order valence-corrected chi connectivity index (χ0v) is 14.2. The lowest BCUT2D eigenvalue weighted by atomic mass is 10.0. The van der Waals surface area contributed by atoms with E-state index in [9.17, 15) is 4.79 Å². The molecule has 0 spiro atoms. The smallest absolute Gasteiger partial charge is 0.245 e. The highest BCUT2D eigenvalue weighted by Gasteiger charge is 2.36. The molecule has 4 heterocycles. The van der Waals surface area contributed by atoms with Gasteiger partial charge in [0, 0.05) is 18.8 Å². The van der Waals surface area contributed by atoms with Gasteiger partial charge in [0.25, 0.3) is 0 Å². The van der Waals surface area contributed by atoms with Gasteiger partial charge in [-0.1, -0.05) is 6.07 Å². The lowest BCUT2D eigenvalue weighted by Gasteiger charge is -2.42. The second-order valence-electron chi connectivity index (χ2n) is 6.09. The number of carbonyl (C=O) groups excluding carboxylic acids is 1. The lowest BCUT2D eigenvalue weighted by Crippen LogP contribution is -2.65. The van der Waals surface area contributed by atoms with E-state index in [1.807, 2.05) is 30.9 Å². The Morgan fingerprint density at radius 3 is 2.96 bits per heavy atom. The first kappa shape index (κ1) is 15.7. The molecule has 2 aliphatic heterocycles. The number of H-pyrrole nitrogens is 1. The van der Waals surface area contributed by atoms with Gasteiger partial charge in [-0.25, -0.2) is 9.97 Å². The third-order valence-corrected chi connectivity index (χ3v) is 4.62. The van der Waals surface area contributed by atoms with E-state index in [0.717, 1.165) is 22.8 Å². The van der Waals surface area contributed by atoms with Crippen molar-refractivity contribution >= 4 is 11.7 Å². The van der Waals surface area contributed by atoms with E-state index in [4.69, 9.17) is 0 Å². The molecule has 1 amide bonds. The number of aromatic nitrogens is 4. The third kappa shape index (κ3) is 2.76. The molecule has 0 radical (unpaired) electrons. The Morgan fingerprint density at radius 2 is 2.24 bits per heavy atom. The summed E-state index contributed by atoms with van der Waals surface area (Å²) < 4.78 is 0. The number of carbonyl (C=O) groups is 1. The van der Waals surface area contributed by atoms with Crippen LogP contribution in [0.25, 0.3) is 11.5 Å². The zero-order chi connectivity index (χ0) is 17.4. The fourth-order valence-corrected chi connectivity index (χ4v) is 3.36. The summed E-state index contributed by atoms with van der Waals surface area (Å²) >= 11 is 0. The molecule has 2 unspecified atom stereocenters. The first-order valence-electron chi connectivity index (χ1n) is 8.34. The molecule has 2 atom stereocenters. The van der Waals surface area contributed by atoms with E-state index in [-0.39, 0.29) is 24.7 Å². The average molecular weight is 340 g/mol. The zero-order valence-electron chi connectivity index (χ0n) is 14.2. The number of aryl methyl sites for hydroxylation is 1. The average Bonchev–Trinajstić information content (AvgIpc) is 3.16. The molecule has 0 aromatic carbocycles. The van der Waals surface area contributed by atoms with Crippen LogP contribution in [0.3, 0.4) is 0 Å². The van der Waals surface area contributed by atoms with Gasteiger partial charge in [0.15, 0.2) is 5.82 Å². The summed E-state index contributed by atoms with van der Waals surface area (Å²) in [6.45, 7) is 5.51. The van der Waals surface area contributed by atoms with Gasteiger partial charge in [0.1, 0.15) is 30.6 Å². The topological polar surface area (TPSA) is 111 Å². The lowest BCUT2D eigenvalue weighted by molar-refractivity contribution is -0.132. The van der Waals surface area contributed by atoms with Crippen LogP contribution in [0.5, 0.6) is 0 Å². The number of nitrogens with one attached hydrogen (secondary N) is 3. The molecule has 130 valence electrons. The van der Waals surface area contributed by atoms with E-state index in [1.165, 1.54) is 6.33 Å². The van der Waals surface area contributed by atoms with Crippen molar-refractivity contribution in [1.29, 1.82) is 0 Å². The fourth-order valence-electron chi connectivity index (χ4n) is 3.36. The molecule has 0 bridgehead atoms. The molecule has 1 saturated heterocycles. The maximum Gasteiger partial charge on any atom is 0.245 e. The SMILES string of the molecule is CCN1C(=O)CN=C2NCC(c3ccc(-c4ncn[nH]4)nc3C)NC21. The van der Waals surface area contributed by atoms with Crippen molar-refractivity contribution < 1.29 is 4.79 Å². The molecule has 2 aromatic rings. The van der Waals surface area contributed by atoms with Gasteiger partial charge in [-0.15, -0.1) is 0 Å². The number of hydrogen-bond acceptors (Lipinski definition) is 7. The Balaban J connectivity index is 1.59. The van der Waals surface area contributed by atoms with Crippen molar-refractivity contribution in [1.82, 2.24) is 35.7 Å². The maximum atomic E-state index is 12.1. The van der Waals surface area contributed by atoms with Crippen molar-refractivity contribution in [2.75, 3.05) is 19.6 Å². The molecule has 3 N–H and O–H groups in total. The van der Waals surface area contributed by atoms with E-state index in [2.05, 4.69) is 35.8 Å². The fraction of sp³-hybridized carbons (Fsp3) is 0.438. The van der Waals surface area contributed by atoms with Crippen molar-refractivity contribution in [3.63, 3.8) is 0 Å². The standard InChI is InChI=1S/C16H20N8O/c1-3-24-13(25)7-18-15-16(24)22-12(6-17-15)10-4-5-11(21-9(10)2)14-19-8-20-23-14/h4-5,8,12,16,22H,3,6-7H2,1-2H3,(H,17,18)(H,19,20,23). The van der Waals surface area contributed by atoms with Crippen LogP contribution >= 0.6 is 0 Å². The van der Waals surface area contributed by atoms with E-state index in [1.54, 1.807) is 0 Å². The van der Waals surface area contributed by atoms with Crippen molar-refractivity contribution in [3.8, 4) is 11.5 Å². The Labute approximate surface area is 145 Å². The number of likely N-dealkylation sites (N-methyl/N-ethyl adjacent to an activating group) is 1. The predicted molar refractivity (Wildman–Crippen MR) is 91.7 cm³/mol. The highest BCUT2D eigenvalue weighted by Crippen LogP contribution is 2.23. The molecular formula is C16H20N8O. The van der Waals surface area contributed by atoms with Gasteiger partial charge >= 0.3 is 0 Å². The minimum atomic E-state index is -0.210. The van der Waals surface area contributed by atoms with Crippen molar-refractivity contribution in [2.24, 2.45) is 4.99 Å². The van der Waals surface area contributed by atoms with E-state index in [0.29, 0.717) is 18.9 Å². The quantitative estimate of drug-likeness (QED) is 0.725. The summed E-state index contributed by atoms with van der Waals surface area (Å²) in [6, 6.07) is 4.01. The van der Waals surface area contributed by atoms with Crippen molar-refractivity contribution in [2.45, 2.75) is 26.1 Å². The van der Waals surface area contributed by atoms with Gasteiger partial charge in [-0.3, -0.25) is 20.2 Å². The largest absolute Gasteiger partial charge is 0.369 e. The Hall–Kier alpha value is -2.81. The van der Waals surface area contributed by atoms with Crippen LogP contribution < -0.4 is 10.6 Å². The van der Waals surface area contributed by atoms with Gasteiger partial charge in [-0.05, 0) is 25.5 Å². The Kier molecular flexibility index (Phi) is 3.92. The maximum absolute atomic E-state index is 12.1. The van der Waals surface area contributed by atoms with E-state index >= 15 is 0 Å². The summed E-state index contributed by atoms with van der Waals surface area (Å²) in [5.74, 6) is 1.53. The molecule has 4 rings (SSSR count). The first-order chi connectivity index (χ1) is 12.2. The van der Waals surface area contributed by atoms with Gasteiger partial charge in [0.05, 0.1) is 6.04 Å². The normalized spacial score (nSPS) is 23.0. The van der Waals surface area contributed by atoms with E-state index < -0.39 is 0 Å². The minimum Gasteiger partial charge on any atom is -0.369 e. The molecule has 25 heavy (non-hydrogen) atoms. The summed E-state index contributed by atoms with van der Waals surface area (Å²) in [5, 5.41) is 13.6. The molecule has 9 heteroatoms. The molecule has 0 aliphatic carbocycles. The van der Waals surface area contributed by atoms with Crippen LogP contribution in [-0.2, 0) is 4.79 Å². The van der Waals surface area contributed by atoms with Crippen LogP contribution in [0.15, 0.2) is 23.5 Å². The monoisotopic (exact) mass is 340 g/mol. The third-order valence-electron chi connectivity index (χ3n) is 4.62. The van der Waals surface area contributed by atoms with Crippen LogP contribution in [0, 0.1) is 6.92 Å². The second kappa shape index (κ2) is 6.25. The summed E-state index contributed by atoms with van der Waals surface area (Å²) in [6.07, 6.45) is 1.26. The van der Waals surface area contributed by atoms with Crippen LogP contribution in [-0.4, -0.2) is 62.6 Å². The highest BCUT2D eigenvalue weighted by molar-refractivity contribution is 5.96. The van der Waals surface area contributed by atoms with Gasteiger partial charge in [0.2, 0.25) is 5.91 Å². The number of aliphatic imine (C=N–C) groups is 1. The summed E-state index contributed by atoms with van der Waals surface area (Å²) in [7, 11) is 0. The molecular weight excluding hydrogens is 320 g/mol. The summed E-state index contributed by atoms with van der Waals surface area (Å²) in [4.78, 5) is 27.0. The second-order valence-corrected chi connectivity index (χ2v) is 6.09. The number of aromatic amines is 1. The number of pyridine rings is 1. The number of fused-ring (bicyclic) bond motifs is 1. The molecule has 9 nitrogen and oxygen atoms in total. The highest BCUT2D eigenvalue weighted by atomic mass is 16.2. The summed E-state index contributed by atoms with van der Waals surface area (Å²) in [5.41, 5.74) is 2.76. The number of nitrogens with zero attached hydrogens (tertiary/aromatic N) is 5. The number of amidine groups is 1. The predicted octanol–water partition coefficient (Wildman–Crippen LogP) is -0.00428. The molecule has 2 aromatic heterocycles. The van der Waals surface area contributed by atoms with Gasteiger partial charge < -0.3 is 10.2 Å². The number of amides is 1. The van der Waals surface area contributed by atoms with Crippen molar-refractivity contribution in [3.05, 3.63) is 29.7 Å². The van der Waals surface area contributed by atoms with Crippen LogP contribution in [0.1, 0.15) is 24.2 Å². The Morgan fingerprint density at radius 1 is 1.36 bits per heavy atom. The van der Waals surface area contributed by atoms with Crippen LogP contribution in [0.2, 0.25) is 0 Å². The first-order valence-corrected chi connectivity index (χ1v) is 8.34. The van der Waals surface area contributed by atoms with Gasteiger partial charge in [-0.2, -0.15) is 5.10 Å². The minimum absolute atomic E-state index is 0.0418. The molecule has 1 fully saturated rings. The molecule has 0 saturated carbocycles. The Bertz CT molecular complexity index is 816. The number of rotatable bonds is 3. The van der Waals surface area contributed by atoms with Crippen LogP contribution in [0.4, 0.5) is 0 Å². The number of hydrogen-bond donors (Lipinski definition) is 3. The number of piperazine rings is 1. The molecule has 2 aliphatic rings.